The molecular formula is C19H17N5OS. The standard InChI is InChI=1S/C19H17N5OS/c1-25-16-9-4-3-8-15(16)22-18-14(11-20)17(23-19(24-18)26-2)12-6-5-7-13(21)10-12/h3-10H,21H2,1-2H3,(H,22,23,24). The van der Waals surface area contributed by atoms with Gasteiger partial charge in [0.25, 0.3) is 0 Å². The number of thioether (sulfide) groups is 1. The Balaban J connectivity index is 2.16. The molecule has 0 spiro atoms. The van der Waals surface area contributed by atoms with Gasteiger partial charge < -0.3 is 15.8 Å². The number of nitrogens with zero attached hydrogens (tertiary/aromatic N) is 3. The van der Waals surface area contributed by atoms with E-state index in [0.717, 1.165) is 11.3 Å². The maximum absolute atomic E-state index is 9.76. The Bertz CT molecular complexity index is 984. The quantitative estimate of drug-likeness (QED) is 0.400. The molecule has 0 saturated carbocycles. The molecule has 3 N–H and O–H groups in total. The minimum Gasteiger partial charge on any atom is -0.495 e. The van der Waals surface area contributed by atoms with Crippen LogP contribution in [0.1, 0.15) is 5.56 Å². The lowest BCUT2D eigenvalue weighted by atomic mass is 10.1. The van der Waals surface area contributed by atoms with Crippen LogP contribution in [0.25, 0.3) is 11.3 Å². The Morgan fingerprint density at radius 2 is 1.96 bits per heavy atom. The number of nitriles is 1. The maximum Gasteiger partial charge on any atom is 0.189 e. The van der Waals surface area contributed by atoms with Crippen LogP contribution in [0, 0.1) is 11.3 Å². The first-order valence-electron chi connectivity index (χ1n) is 7.78. The van der Waals surface area contributed by atoms with Crippen LogP contribution < -0.4 is 15.8 Å². The van der Waals surface area contributed by atoms with E-state index in [0.29, 0.717) is 33.7 Å². The molecule has 0 aliphatic rings. The largest absolute Gasteiger partial charge is 0.495 e. The van der Waals surface area contributed by atoms with Gasteiger partial charge in [-0.2, -0.15) is 5.26 Å². The second kappa shape index (κ2) is 7.76. The number of para-hydroxylation sites is 2. The zero-order valence-corrected chi connectivity index (χ0v) is 15.2. The van der Waals surface area contributed by atoms with Gasteiger partial charge >= 0.3 is 0 Å². The van der Waals surface area contributed by atoms with Crippen LogP contribution >= 0.6 is 11.8 Å². The molecule has 0 saturated heterocycles. The molecule has 0 fully saturated rings. The predicted molar refractivity (Wildman–Crippen MR) is 105 cm³/mol. The van der Waals surface area contributed by atoms with Crippen LogP contribution in [0.2, 0.25) is 0 Å². The summed E-state index contributed by atoms with van der Waals surface area (Å²) in [6.45, 7) is 0. The van der Waals surface area contributed by atoms with Crippen LogP contribution in [-0.4, -0.2) is 23.3 Å². The number of nitrogens with two attached hydrogens (primary N) is 1. The maximum atomic E-state index is 9.76. The monoisotopic (exact) mass is 363 g/mol. The summed E-state index contributed by atoms with van der Waals surface area (Å²) >= 11 is 1.40. The summed E-state index contributed by atoms with van der Waals surface area (Å²) in [6, 6.07) is 17.0. The van der Waals surface area contributed by atoms with E-state index in [4.69, 9.17) is 10.5 Å². The molecular weight excluding hydrogens is 346 g/mol. The summed E-state index contributed by atoms with van der Waals surface area (Å²) in [4.78, 5) is 8.99. The molecule has 6 nitrogen and oxygen atoms in total. The van der Waals surface area contributed by atoms with Gasteiger partial charge in [-0.25, -0.2) is 9.97 Å². The molecule has 3 rings (SSSR count). The van der Waals surface area contributed by atoms with Crippen molar-refractivity contribution < 1.29 is 4.74 Å². The van der Waals surface area contributed by atoms with Gasteiger partial charge in [0.05, 0.1) is 18.5 Å². The molecule has 7 heteroatoms. The minimum atomic E-state index is 0.347. The zero-order chi connectivity index (χ0) is 18.5. The summed E-state index contributed by atoms with van der Waals surface area (Å²) in [5.41, 5.74) is 8.87. The van der Waals surface area contributed by atoms with Crippen molar-refractivity contribution in [2.75, 3.05) is 24.4 Å². The molecule has 26 heavy (non-hydrogen) atoms. The number of benzene rings is 2. The number of methoxy groups -OCH3 is 1. The van der Waals surface area contributed by atoms with Gasteiger partial charge in [0.1, 0.15) is 17.4 Å². The number of rotatable bonds is 5. The summed E-state index contributed by atoms with van der Waals surface area (Å²) in [5, 5.41) is 13.5. The van der Waals surface area contributed by atoms with Crippen molar-refractivity contribution in [2.45, 2.75) is 5.16 Å². The Kier molecular flexibility index (Phi) is 5.25. The van der Waals surface area contributed by atoms with Crippen LogP contribution in [0.15, 0.2) is 53.7 Å². The SMILES string of the molecule is COc1ccccc1Nc1nc(SC)nc(-c2cccc(N)c2)c1C#N. The first-order chi connectivity index (χ1) is 12.7. The van der Waals surface area contributed by atoms with Gasteiger partial charge in [-0.05, 0) is 30.5 Å². The van der Waals surface area contributed by atoms with Gasteiger partial charge in [-0.15, -0.1) is 0 Å². The van der Waals surface area contributed by atoms with Gasteiger partial charge in [0.2, 0.25) is 0 Å². The third-order valence-corrected chi connectivity index (χ3v) is 4.25. The number of anilines is 3. The molecule has 0 atom stereocenters. The Labute approximate surface area is 156 Å². The molecule has 1 heterocycles. The van der Waals surface area contributed by atoms with Crippen molar-refractivity contribution in [3.8, 4) is 23.1 Å². The molecule has 0 aliphatic heterocycles. The Hall–Kier alpha value is -3.24. The first kappa shape index (κ1) is 17.6. The van der Waals surface area contributed by atoms with E-state index in [2.05, 4.69) is 21.4 Å². The van der Waals surface area contributed by atoms with Crippen molar-refractivity contribution in [1.29, 1.82) is 5.26 Å². The van der Waals surface area contributed by atoms with Gasteiger partial charge in [-0.3, -0.25) is 0 Å². The number of hydrogen-bond acceptors (Lipinski definition) is 7. The molecule has 0 aliphatic carbocycles. The fourth-order valence-corrected chi connectivity index (χ4v) is 2.86. The van der Waals surface area contributed by atoms with E-state index in [-0.39, 0.29) is 0 Å². The van der Waals surface area contributed by atoms with Crippen LogP contribution in [-0.2, 0) is 0 Å². The summed E-state index contributed by atoms with van der Waals surface area (Å²) in [7, 11) is 1.59. The molecule has 0 radical (unpaired) electrons. The molecule has 0 amide bonds. The van der Waals surface area contributed by atoms with E-state index >= 15 is 0 Å². The van der Waals surface area contributed by atoms with Crippen molar-refractivity contribution in [2.24, 2.45) is 0 Å². The van der Waals surface area contributed by atoms with Gasteiger partial charge in [-0.1, -0.05) is 36.0 Å². The number of aromatic nitrogens is 2. The normalized spacial score (nSPS) is 10.2. The van der Waals surface area contributed by atoms with Crippen LogP contribution in [0.5, 0.6) is 5.75 Å². The molecule has 2 aromatic carbocycles. The topological polar surface area (TPSA) is 96.8 Å². The second-order valence-corrected chi connectivity index (χ2v) is 6.12. The van der Waals surface area contributed by atoms with Crippen molar-refractivity contribution >= 4 is 29.0 Å². The Morgan fingerprint density at radius 1 is 1.15 bits per heavy atom. The smallest absolute Gasteiger partial charge is 0.189 e. The lowest BCUT2D eigenvalue weighted by Crippen LogP contribution is -2.04. The average molecular weight is 363 g/mol. The third kappa shape index (κ3) is 3.55. The number of nitrogen functional groups attached to an aromatic ring is 1. The highest BCUT2D eigenvalue weighted by atomic mass is 32.2. The van der Waals surface area contributed by atoms with E-state index in [1.165, 1.54) is 11.8 Å². The first-order valence-corrected chi connectivity index (χ1v) is 9.00. The van der Waals surface area contributed by atoms with Crippen molar-refractivity contribution in [3.05, 3.63) is 54.1 Å². The summed E-state index contributed by atoms with van der Waals surface area (Å²) in [5.74, 6) is 1.08. The van der Waals surface area contributed by atoms with Gasteiger partial charge in [0, 0.05) is 11.3 Å². The fourth-order valence-electron chi connectivity index (χ4n) is 2.50. The van der Waals surface area contributed by atoms with Crippen molar-refractivity contribution in [1.82, 2.24) is 9.97 Å². The molecule has 3 aromatic rings. The van der Waals surface area contributed by atoms with Crippen LogP contribution in [0.4, 0.5) is 17.2 Å². The van der Waals surface area contributed by atoms with E-state index in [1.54, 1.807) is 19.2 Å². The highest BCUT2D eigenvalue weighted by Gasteiger charge is 2.17. The fraction of sp³-hybridized carbons (Fsp3) is 0.105. The van der Waals surface area contributed by atoms with E-state index in [9.17, 15) is 5.26 Å². The van der Waals surface area contributed by atoms with E-state index in [1.807, 2.05) is 42.7 Å². The third-order valence-electron chi connectivity index (χ3n) is 3.70. The summed E-state index contributed by atoms with van der Waals surface area (Å²) in [6.07, 6.45) is 1.89. The number of ether oxygens (including phenoxy) is 1. The Morgan fingerprint density at radius 3 is 2.65 bits per heavy atom. The second-order valence-electron chi connectivity index (χ2n) is 5.35. The van der Waals surface area contributed by atoms with E-state index < -0.39 is 0 Å². The zero-order valence-electron chi connectivity index (χ0n) is 14.4. The molecule has 1 aromatic heterocycles. The van der Waals surface area contributed by atoms with Crippen LogP contribution in [0.3, 0.4) is 0 Å². The summed E-state index contributed by atoms with van der Waals surface area (Å²) < 4.78 is 5.37. The molecule has 130 valence electrons. The number of hydrogen-bond donors (Lipinski definition) is 2. The average Bonchev–Trinajstić information content (AvgIpc) is 2.67. The lowest BCUT2D eigenvalue weighted by Gasteiger charge is -2.14. The predicted octanol–water partition coefficient (Wildman–Crippen LogP) is 4.07. The highest BCUT2D eigenvalue weighted by molar-refractivity contribution is 7.98. The van der Waals surface area contributed by atoms with Crippen molar-refractivity contribution in [3.63, 3.8) is 0 Å². The molecule has 0 bridgehead atoms. The lowest BCUT2D eigenvalue weighted by molar-refractivity contribution is 0.417. The molecule has 0 unspecified atom stereocenters. The minimum absolute atomic E-state index is 0.347. The number of nitrogens with one attached hydrogen (secondary N) is 1. The van der Waals surface area contributed by atoms with Gasteiger partial charge in [0.15, 0.2) is 11.0 Å². The highest BCUT2D eigenvalue weighted by Crippen LogP contribution is 2.33.